The lowest BCUT2D eigenvalue weighted by Crippen LogP contribution is -2.17. The summed E-state index contributed by atoms with van der Waals surface area (Å²) in [6.45, 7) is 3.97. The number of aromatic nitrogens is 2. The van der Waals surface area contributed by atoms with Crippen molar-refractivity contribution in [3.05, 3.63) is 64.4 Å². The Morgan fingerprint density at radius 1 is 1.04 bits per heavy atom. The molecule has 27 heavy (non-hydrogen) atoms. The van der Waals surface area contributed by atoms with Crippen LogP contribution in [0.1, 0.15) is 23.4 Å². The maximum atomic E-state index is 6.17. The molecule has 0 aliphatic rings. The molecule has 0 amide bonds. The van der Waals surface area contributed by atoms with Crippen LogP contribution in [0.3, 0.4) is 0 Å². The minimum Gasteiger partial charge on any atom is -0.369 e. The van der Waals surface area contributed by atoms with E-state index in [0.29, 0.717) is 10.8 Å². The van der Waals surface area contributed by atoms with E-state index in [1.54, 1.807) is 0 Å². The minimum atomic E-state index is 0.667. The van der Waals surface area contributed by atoms with Gasteiger partial charge in [-0.15, -0.1) is 0 Å². The van der Waals surface area contributed by atoms with E-state index in [4.69, 9.17) is 16.6 Å². The molecule has 0 saturated heterocycles. The molecule has 0 unspecified atom stereocenters. The van der Waals surface area contributed by atoms with Crippen molar-refractivity contribution in [1.82, 2.24) is 14.9 Å². The number of benzene rings is 2. The average molecular weight is 381 g/mol. The topological polar surface area (TPSA) is 41.1 Å². The first kappa shape index (κ1) is 19.3. The van der Waals surface area contributed by atoms with Crippen molar-refractivity contribution < 1.29 is 0 Å². The second kappa shape index (κ2) is 8.98. The SMILES string of the molecule is Cc1ccc(/C=C/c2nc(NCCCN(C)C)c3ccc(Cl)cc3n2)cc1. The third kappa shape index (κ3) is 5.52. The fourth-order valence-electron chi connectivity index (χ4n) is 2.78. The van der Waals surface area contributed by atoms with Gasteiger partial charge in [-0.05, 0) is 63.8 Å². The third-order valence-corrected chi connectivity index (χ3v) is 4.49. The lowest BCUT2D eigenvalue weighted by atomic mass is 10.1. The molecule has 0 atom stereocenters. The van der Waals surface area contributed by atoms with E-state index >= 15 is 0 Å². The number of hydrogen-bond donors (Lipinski definition) is 1. The lowest BCUT2D eigenvalue weighted by molar-refractivity contribution is 0.405. The van der Waals surface area contributed by atoms with Gasteiger partial charge in [0.15, 0.2) is 5.82 Å². The summed E-state index contributed by atoms with van der Waals surface area (Å²) in [5.41, 5.74) is 3.21. The maximum Gasteiger partial charge on any atom is 0.154 e. The zero-order valence-corrected chi connectivity index (χ0v) is 16.8. The van der Waals surface area contributed by atoms with Crippen molar-refractivity contribution in [1.29, 1.82) is 0 Å². The van der Waals surface area contributed by atoms with E-state index in [2.05, 4.69) is 60.5 Å². The molecule has 0 aliphatic heterocycles. The number of rotatable bonds is 7. The van der Waals surface area contributed by atoms with Crippen LogP contribution in [0.5, 0.6) is 0 Å². The Hall–Kier alpha value is -2.43. The van der Waals surface area contributed by atoms with Gasteiger partial charge in [0, 0.05) is 17.0 Å². The van der Waals surface area contributed by atoms with Crippen LogP contribution in [0, 0.1) is 6.92 Å². The first-order chi connectivity index (χ1) is 13.0. The van der Waals surface area contributed by atoms with E-state index in [1.807, 2.05) is 30.4 Å². The molecule has 1 heterocycles. The molecule has 3 aromatic rings. The molecule has 140 valence electrons. The first-order valence-corrected chi connectivity index (χ1v) is 9.50. The third-order valence-electron chi connectivity index (χ3n) is 4.25. The highest BCUT2D eigenvalue weighted by Crippen LogP contribution is 2.24. The van der Waals surface area contributed by atoms with E-state index in [0.717, 1.165) is 41.8 Å². The average Bonchev–Trinajstić information content (AvgIpc) is 2.64. The van der Waals surface area contributed by atoms with Gasteiger partial charge in [0.2, 0.25) is 0 Å². The monoisotopic (exact) mass is 380 g/mol. The van der Waals surface area contributed by atoms with Crippen LogP contribution in [0.15, 0.2) is 42.5 Å². The van der Waals surface area contributed by atoms with E-state index in [9.17, 15) is 0 Å². The molecular formula is C22H25ClN4. The van der Waals surface area contributed by atoms with Gasteiger partial charge in [-0.2, -0.15) is 0 Å². The summed E-state index contributed by atoms with van der Waals surface area (Å²) in [5, 5.41) is 5.11. The molecule has 0 bridgehead atoms. The van der Waals surface area contributed by atoms with Gasteiger partial charge < -0.3 is 10.2 Å². The Bertz CT molecular complexity index is 933. The molecule has 2 aromatic carbocycles. The van der Waals surface area contributed by atoms with Gasteiger partial charge in [-0.25, -0.2) is 9.97 Å². The summed E-state index contributed by atoms with van der Waals surface area (Å²) in [7, 11) is 4.16. The molecule has 5 heteroatoms. The smallest absolute Gasteiger partial charge is 0.154 e. The van der Waals surface area contributed by atoms with Crippen LogP contribution < -0.4 is 5.32 Å². The van der Waals surface area contributed by atoms with Crippen LogP contribution in [0.4, 0.5) is 5.82 Å². The number of fused-ring (bicyclic) bond motifs is 1. The summed E-state index contributed by atoms with van der Waals surface area (Å²) in [5.74, 6) is 1.51. The molecule has 3 rings (SSSR count). The van der Waals surface area contributed by atoms with Crippen LogP contribution in [-0.4, -0.2) is 42.1 Å². The van der Waals surface area contributed by atoms with Crippen molar-refractivity contribution >= 4 is 40.5 Å². The van der Waals surface area contributed by atoms with Gasteiger partial charge >= 0.3 is 0 Å². The predicted octanol–water partition coefficient (Wildman–Crippen LogP) is 5.13. The molecule has 0 aliphatic carbocycles. The van der Waals surface area contributed by atoms with Crippen molar-refractivity contribution in [3.8, 4) is 0 Å². The van der Waals surface area contributed by atoms with Crippen molar-refractivity contribution in [2.24, 2.45) is 0 Å². The lowest BCUT2D eigenvalue weighted by Gasteiger charge is -2.12. The van der Waals surface area contributed by atoms with Gasteiger partial charge in [-0.3, -0.25) is 0 Å². The molecule has 0 spiro atoms. The first-order valence-electron chi connectivity index (χ1n) is 9.12. The number of nitrogens with one attached hydrogen (secondary N) is 1. The van der Waals surface area contributed by atoms with Crippen molar-refractivity contribution in [2.75, 3.05) is 32.5 Å². The van der Waals surface area contributed by atoms with E-state index in [-0.39, 0.29) is 0 Å². The molecule has 4 nitrogen and oxygen atoms in total. The van der Waals surface area contributed by atoms with Crippen molar-refractivity contribution in [2.45, 2.75) is 13.3 Å². The van der Waals surface area contributed by atoms with Gasteiger partial charge in [0.25, 0.3) is 0 Å². The standard InChI is InChI=1S/C22H25ClN4/c1-16-5-7-17(8-6-16)9-12-21-25-20-15-18(23)10-11-19(20)22(26-21)24-13-4-14-27(2)3/h5-12,15H,4,13-14H2,1-3H3,(H,24,25,26)/b12-9+. The Morgan fingerprint density at radius 2 is 1.81 bits per heavy atom. The summed E-state index contributed by atoms with van der Waals surface area (Å²) in [4.78, 5) is 11.5. The van der Waals surface area contributed by atoms with Crippen LogP contribution in [-0.2, 0) is 0 Å². The molecule has 0 radical (unpaired) electrons. The van der Waals surface area contributed by atoms with Crippen LogP contribution >= 0.6 is 11.6 Å². The maximum absolute atomic E-state index is 6.17. The highest BCUT2D eigenvalue weighted by Gasteiger charge is 2.07. The Balaban J connectivity index is 1.87. The zero-order valence-electron chi connectivity index (χ0n) is 16.0. The largest absolute Gasteiger partial charge is 0.369 e. The highest BCUT2D eigenvalue weighted by atomic mass is 35.5. The van der Waals surface area contributed by atoms with E-state index in [1.165, 1.54) is 5.56 Å². The number of halogens is 1. The number of nitrogens with zero attached hydrogens (tertiary/aromatic N) is 3. The number of hydrogen-bond acceptors (Lipinski definition) is 4. The number of aryl methyl sites for hydroxylation is 1. The molecule has 1 N–H and O–H groups in total. The normalized spacial score (nSPS) is 11.6. The summed E-state index contributed by atoms with van der Waals surface area (Å²) >= 11 is 6.17. The molecular weight excluding hydrogens is 356 g/mol. The second-order valence-corrected chi connectivity index (χ2v) is 7.36. The van der Waals surface area contributed by atoms with Crippen LogP contribution in [0.2, 0.25) is 5.02 Å². The highest BCUT2D eigenvalue weighted by molar-refractivity contribution is 6.31. The fourth-order valence-corrected chi connectivity index (χ4v) is 2.95. The predicted molar refractivity (Wildman–Crippen MR) is 116 cm³/mol. The minimum absolute atomic E-state index is 0.667. The second-order valence-electron chi connectivity index (χ2n) is 6.92. The Kier molecular flexibility index (Phi) is 6.43. The zero-order chi connectivity index (χ0) is 19.2. The summed E-state index contributed by atoms with van der Waals surface area (Å²) < 4.78 is 0. The van der Waals surface area contributed by atoms with Gasteiger partial charge in [0.05, 0.1) is 5.52 Å². The Morgan fingerprint density at radius 3 is 2.56 bits per heavy atom. The fraction of sp³-hybridized carbons (Fsp3) is 0.273. The van der Waals surface area contributed by atoms with E-state index < -0.39 is 0 Å². The Labute approximate surface area is 165 Å². The quantitative estimate of drug-likeness (QED) is 0.577. The van der Waals surface area contributed by atoms with Gasteiger partial charge in [0.1, 0.15) is 5.82 Å². The van der Waals surface area contributed by atoms with Crippen LogP contribution in [0.25, 0.3) is 23.1 Å². The summed E-state index contributed by atoms with van der Waals surface area (Å²) in [6.07, 6.45) is 5.01. The van der Waals surface area contributed by atoms with Crippen molar-refractivity contribution in [3.63, 3.8) is 0 Å². The molecule has 0 saturated carbocycles. The summed E-state index contributed by atoms with van der Waals surface area (Å²) in [6, 6.07) is 14.1. The van der Waals surface area contributed by atoms with Gasteiger partial charge in [-0.1, -0.05) is 47.5 Å². The molecule has 0 fully saturated rings. The molecule has 1 aromatic heterocycles. The number of anilines is 1.